The van der Waals surface area contributed by atoms with E-state index in [1.165, 1.54) is 37.9 Å². The highest BCUT2D eigenvalue weighted by atomic mass is 35.5. The third kappa shape index (κ3) is 3.93. The van der Waals surface area contributed by atoms with Crippen molar-refractivity contribution in [3.63, 3.8) is 0 Å². The van der Waals surface area contributed by atoms with Gasteiger partial charge in [0.1, 0.15) is 0 Å². The van der Waals surface area contributed by atoms with Crippen molar-refractivity contribution in [3.05, 3.63) is 17.7 Å². The van der Waals surface area contributed by atoms with Crippen molar-refractivity contribution in [2.24, 2.45) is 0 Å². The van der Waals surface area contributed by atoms with Gasteiger partial charge in [0, 0.05) is 6.54 Å². The minimum atomic E-state index is 0. The molecule has 0 aliphatic carbocycles. The second-order valence-electron chi connectivity index (χ2n) is 4.87. The molecule has 0 spiro atoms. The third-order valence-electron chi connectivity index (χ3n) is 3.58. The highest BCUT2D eigenvalue weighted by molar-refractivity contribution is 5.85. The number of likely N-dealkylation sites (tertiary alicyclic amines) is 1. The first-order chi connectivity index (χ1) is 9.28. The molecule has 114 valence electrons. The van der Waals surface area contributed by atoms with Crippen molar-refractivity contribution >= 4 is 12.4 Å². The van der Waals surface area contributed by atoms with E-state index in [0.717, 1.165) is 18.0 Å². The number of hydrogen-bond acceptors (Lipinski definition) is 4. The van der Waals surface area contributed by atoms with Crippen LogP contribution in [0.3, 0.4) is 0 Å². The molecule has 0 unspecified atom stereocenters. The van der Waals surface area contributed by atoms with Crippen LogP contribution < -0.4 is 14.2 Å². The quantitative estimate of drug-likeness (QED) is 0.836. The van der Waals surface area contributed by atoms with Crippen LogP contribution in [0.25, 0.3) is 0 Å². The summed E-state index contributed by atoms with van der Waals surface area (Å²) in [6, 6.07) is 4.08. The fourth-order valence-electron chi connectivity index (χ4n) is 2.60. The lowest BCUT2D eigenvalue weighted by Gasteiger charge is -2.26. The normalized spacial score (nSPS) is 15.3. The molecule has 0 bridgehead atoms. The first kappa shape index (κ1) is 16.9. The van der Waals surface area contributed by atoms with Crippen LogP contribution in [-0.2, 0) is 6.54 Å². The Bertz CT molecular complexity index is 395. The Labute approximate surface area is 127 Å². The molecule has 0 N–H and O–H groups in total. The second kappa shape index (κ2) is 8.22. The maximum Gasteiger partial charge on any atom is 0.203 e. The maximum absolute atomic E-state index is 5.39. The van der Waals surface area contributed by atoms with E-state index in [1.807, 2.05) is 12.1 Å². The smallest absolute Gasteiger partial charge is 0.203 e. The summed E-state index contributed by atoms with van der Waals surface area (Å²) in [6.45, 7) is 3.30. The van der Waals surface area contributed by atoms with Crippen molar-refractivity contribution in [1.82, 2.24) is 4.90 Å². The second-order valence-corrected chi connectivity index (χ2v) is 4.87. The zero-order chi connectivity index (χ0) is 13.7. The van der Waals surface area contributed by atoms with Gasteiger partial charge in [-0.05, 0) is 43.6 Å². The molecule has 1 heterocycles. The van der Waals surface area contributed by atoms with Gasteiger partial charge in [-0.2, -0.15) is 0 Å². The van der Waals surface area contributed by atoms with E-state index < -0.39 is 0 Å². The number of nitrogens with zero attached hydrogens (tertiary/aromatic N) is 1. The first-order valence-electron chi connectivity index (χ1n) is 6.79. The molecule has 0 aromatic heterocycles. The maximum atomic E-state index is 5.39. The minimum absolute atomic E-state index is 0. The summed E-state index contributed by atoms with van der Waals surface area (Å²) in [7, 11) is 4.94. The van der Waals surface area contributed by atoms with E-state index in [0.29, 0.717) is 5.75 Å². The molecule has 1 aromatic rings. The van der Waals surface area contributed by atoms with Gasteiger partial charge in [-0.3, -0.25) is 4.90 Å². The highest BCUT2D eigenvalue weighted by Crippen LogP contribution is 2.38. The van der Waals surface area contributed by atoms with Crippen LogP contribution in [0.1, 0.15) is 24.8 Å². The van der Waals surface area contributed by atoms with Gasteiger partial charge in [0.15, 0.2) is 11.5 Å². The molecule has 1 aliphatic rings. The predicted octanol–water partition coefficient (Wildman–Crippen LogP) is 3.12. The van der Waals surface area contributed by atoms with Gasteiger partial charge in [0.25, 0.3) is 0 Å². The molecule has 20 heavy (non-hydrogen) atoms. The molecule has 1 saturated heterocycles. The van der Waals surface area contributed by atoms with E-state index in [4.69, 9.17) is 14.2 Å². The number of benzene rings is 1. The van der Waals surface area contributed by atoms with Crippen LogP contribution in [0.5, 0.6) is 17.2 Å². The zero-order valence-corrected chi connectivity index (χ0v) is 13.3. The summed E-state index contributed by atoms with van der Waals surface area (Å²) >= 11 is 0. The average Bonchev–Trinajstić information content (AvgIpc) is 2.47. The summed E-state index contributed by atoms with van der Waals surface area (Å²) in [5, 5.41) is 0. The highest BCUT2D eigenvalue weighted by Gasteiger charge is 2.16. The Hall–Kier alpha value is -1.13. The van der Waals surface area contributed by atoms with E-state index in [2.05, 4.69) is 4.90 Å². The molecule has 4 nitrogen and oxygen atoms in total. The molecule has 1 aliphatic heterocycles. The van der Waals surface area contributed by atoms with Gasteiger partial charge in [-0.15, -0.1) is 12.4 Å². The lowest BCUT2D eigenvalue weighted by molar-refractivity contribution is 0.220. The number of ether oxygens (including phenoxy) is 3. The largest absolute Gasteiger partial charge is 0.493 e. The van der Waals surface area contributed by atoms with Crippen molar-refractivity contribution in [1.29, 1.82) is 0 Å². The average molecular weight is 302 g/mol. The molecule has 2 rings (SSSR count). The SMILES string of the molecule is COc1cc(CN2CCCCC2)cc(OC)c1OC.Cl. The molecule has 0 radical (unpaired) electrons. The summed E-state index contributed by atoms with van der Waals surface area (Å²) in [5.41, 5.74) is 1.21. The van der Waals surface area contributed by atoms with Crippen LogP contribution in [0.15, 0.2) is 12.1 Å². The standard InChI is InChI=1S/C15H23NO3.ClH/c1-17-13-9-12(10-14(18-2)15(13)19-3)11-16-7-5-4-6-8-16;/h9-10H,4-8,11H2,1-3H3;1H. The van der Waals surface area contributed by atoms with Crippen molar-refractivity contribution in [2.75, 3.05) is 34.4 Å². The summed E-state index contributed by atoms with van der Waals surface area (Å²) < 4.78 is 16.1. The molecule has 1 fully saturated rings. The van der Waals surface area contributed by atoms with Crippen molar-refractivity contribution < 1.29 is 14.2 Å². The monoisotopic (exact) mass is 301 g/mol. The Morgan fingerprint density at radius 2 is 1.45 bits per heavy atom. The van der Waals surface area contributed by atoms with Gasteiger partial charge in [0.05, 0.1) is 21.3 Å². The molecule has 0 amide bonds. The van der Waals surface area contributed by atoms with E-state index >= 15 is 0 Å². The number of rotatable bonds is 5. The van der Waals surface area contributed by atoms with Crippen molar-refractivity contribution in [3.8, 4) is 17.2 Å². The molecule has 1 aromatic carbocycles. The molecular formula is C15H24ClNO3. The van der Waals surface area contributed by atoms with Gasteiger partial charge >= 0.3 is 0 Å². The van der Waals surface area contributed by atoms with Gasteiger partial charge < -0.3 is 14.2 Å². The van der Waals surface area contributed by atoms with Crippen LogP contribution in [0.4, 0.5) is 0 Å². The molecule has 0 atom stereocenters. The van der Waals surface area contributed by atoms with Crippen LogP contribution in [-0.4, -0.2) is 39.3 Å². The molecule has 0 saturated carbocycles. The van der Waals surface area contributed by atoms with Crippen molar-refractivity contribution in [2.45, 2.75) is 25.8 Å². The van der Waals surface area contributed by atoms with Gasteiger partial charge in [0.2, 0.25) is 5.75 Å². The minimum Gasteiger partial charge on any atom is -0.493 e. The van der Waals surface area contributed by atoms with Crippen LogP contribution >= 0.6 is 12.4 Å². The van der Waals surface area contributed by atoms with Crippen LogP contribution in [0, 0.1) is 0 Å². The zero-order valence-electron chi connectivity index (χ0n) is 12.5. The Kier molecular flexibility index (Phi) is 6.96. The predicted molar refractivity (Wildman–Crippen MR) is 82.5 cm³/mol. The fourth-order valence-corrected chi connectivity index (χ4v) is 2.60. The number of piperidine rings is 1. The van der Waals surface area contributed by atoms with E-state index in [1.54, 1.807) is 21.3 Å². The lowest BCUT2D eigenvalue weighted by Crippen LogP contribution is -2.29. The van der Waals surface area contributed by atoms with E-state index in [9.17, 15) is 0 Å². The number of halogens is 1. The Morgan fingerprint density at radius 3 is 1.90 bits per heavy atom. The van der Waals surface area contributed by atoms with Gasteiger partial charge in [-0.25, -0.2) is 0 Å². The number of hydrogen-bond donors (Lipinski definition) is 0. The Balaban J connectivity index is 0.00000200. The topological polar surface area (TPSA) is 30.9 Å². The summed E-state index contributed by atoms with van der Waals surface area (Å²) in [6.07, 6.45) is 3.95. The molecular weight excluding hydrogens is 278 g/mol. The third-order valence-corrected chi connectivity index (χ3v) is 3.58. The summed E-state index contributed by atoms with van der Waals surface area (Å²) in [4.78, 5) is 2.48. The van der Waals surface area contributed by atoms with E-state index in [-0.39, 0.29) is 12.4 Å². The Morgan fingerprint density at radius 1 is 0.900 bits per heavy atom. The number of methoxy groups -OCH3 is 3. The summed E-state index contributed by atoms with van der Waals surface area (Å²) in [5.74, 6) is 2.12. The van der Waals surface area contributed by atoms with Gasteiger partial charge in [-0.1, -0.05) is 6.42 Å². The molecule has 5 heteroatoms. The lowest BCUT2D eigenvalue weighted by atomic mass is 10.1. The van der Waals surface area contributed by atoms with Crippen LogP contribution in [0.2, 0.25) is 0 Å². The fraction of sp³-hybridized carbons (Fsp3) is 0.600. The first-order valence-corrected chi connectivity index (χ1v) is 6.79.